The van der Waals surface area contributed by atoms with Crippen molar-refractivity contribution < 1.29 is 28.8 Å². The Hall–Kier alpha value is -5.32. The van der Waals surface area contributed by atoms with E-state index in [-0.39, 0.29) is 5.57 Å². The maximum Gasteiger partial charge on any atom is 0.346 e. The predicted octanol–water partition coefficient (Wildman–Crippen LogP) is 14.7. The second-order valence-electron chi connectivity index (χ2n) is 14.5. The van der Waals surface area contributed by atoms with Crippen LogP contribution in [0.2, 0.25) is 0 Å². The normalized spacial score (nSPS) is 12.5. The van der Waals surface area contributed by atoms with Crippen molar-refractivity contribution >= 4 is 93.3 Å². The van der Waals surface area contributed by atoms with Gasteiger partial charge in [-0.1, -0.05) is 64.5 Å². The third kappa shape index (κ3) is 9.20. The van der Waals surface area contributed by atoms with Crippen LogP contribution < -0.4 is 23.8 Å². The minimum Gasteiger partial charge on any atom is -0.494 e. The molecule has 12 heteroatoms. The molecule has 1 N–H and O–H groups in total. The summed E-state index contributed by atoms with van der Waals surface area (Å²) in [4.78, 5) is 17.5. The Bertz CT molecular complexity index is 2570. The zero-order chi connectivity index (χ0) is 41.4. The number of ether oxygens (including phenoxy) is 4. The number of hydrogen-bond donors (Lipinski definition) is 1. The molecule has 0 fully saturated rings. The lowest BCUT2D eigenvalue weighted by Gasteiger charge is -2.26. The number of unbranched alkanes of at least 4 members (excludes halogenated alkanes) is 6. The van der Waals surface area contributed by atoms with Crippen LogP contribution in [0, 0.1) is 11.3 Å². The third-order valence-electron chi connectivity index (χ3n) is 10.2. The van der Waals surface area contributed by atoms with Gasteiger partial charge in [0.2, 0.25) is 0 Å². The van der Waals surface area contributed by atoms with E-state index in [9.17, 15) is 15.2 Å². The molecule has 4 aromatic heterocycles. The summed E-state index contributed by atoms with van der Waals surface area (Å²) in [5, 5.41) is 18.9. The van der Waals surface area contributed by atoms with Crippen LogP contribution in [0.5, 0.6) is 23.0 Å². The van der Waals surface area contributed by atoms with Gasteiger partial charge in [-0.05, 0) is 97.3 Å². The van der Waals surface area contributed by atoms with Crippen LogP contribution in [0.25, 0.3) is 45.1 Å². The molecule has 0 saturated carbocycles. The van der Waals surface area contributed by atoms with Gasteiger partial charge in [0.05, 0.1) is 37.2 Å². The lowest BCUT2D eigenvalue weighted by atomic mass is 10.1. The molecule has 0 atom stereocenters. The molecule has 0 bridgehead atoms. The minimum atomic E-state index is -1.27. The van der Waals surface area contributed by atoms with Gasteiger partial charge >= 0.3 is 5.97 Å². The molecule has 0 amide bonds. The van der Waals surface area contributed by atoms with E-state index in [0.717, 1.165) is 69.9 Å². The fourth-order valence-electron chi connectivity index (χ4n) is 7.13. The van der Waals surface area contributed by atoms with E-state index in [1.54, 1.807) is 40.1 Å². The van der Waals surface area contributed by atoms with Crippen LogP contribution in [0.15, 0.2) is 90.5 Å². The summed E-state index contributed by atoms with van der Waals surface area (Å²) in [6.07, 6.45) is 10.8. The van der Waals surface area contributed by atoms with Crippen LogP contribution in [0.3, 0.4) is 0 Å². The minimum absolute atomic E-state index is 0.347. The maximum absolute atomic E-state index is 11.6. The molecule has 1 aliphatic heterocycles. The van der Waals surface area contributed by atoms with E-state index >= 15 is 0 Å². The first-order chi connectivity index (χ1) is 29.4. The molecule has 0 saturated heterocycles. The number of carboxylic acids is 1. The number of carboxylic acid groups (broad SMARTS) is 1. The topological polar surface area (TPSA) is 101 Å². The lowest BCUT2D eigenvalue weighted by Crippen LogP contribution is -2.14. The van der Waals surface area contributed by atoms with Crippen LogP contribution >= 0.6 is 45.3 Å². The molecule has 308 valence electrons. The van der Waals surface area contributed by atoms with E-state index in [0.29, 0.717) is 29.6 Å². The number of benzene rings is 3. The van der Waals surface area contributed by atoms with E-state index in [1.165, 1.54) is 79.6 Å². The number of nitrogens with zero attached hydrogens (tertiary/aromatic N) is 2. The van der Waals surface area contributed by atoms with Gasteiger partial charge in [0.25, 0.3) is 0 Å². The fourth-order valence-corrected chi connectivity index (χ4v) is 12.4. The second kappa shape index (κ2) is 19.4. The highest BCUT2D eigenvalue weighted by atomic mass is 32.1. The van der Waals surface area contributed by atoms with Crippen molar-refractivity contribution in [2.24, 2.45) is 0 Å². The van der Waals surface area contributed by atoms with Gasteiger partial charge in [0.1, 0.15) is 36.4 Å². The monoisotopic (exact) mass is 874 g/mol. The number of fused-ring (bicyclic) bond motifs is 4. The van der Waals surface area contributed by atoms with Gasteiger partial charge < -0.3 is 29.0 Å². The average Bonchev–Trinajstić information content (AvgIpc) is 4.04. The van der Waals surface area contributed by atoms with Gasteiger partial charge in [-0.15, -0.1) is 45.3 Å². The van der Waals surface area contributed by atoms with Crippen molar-refractivity contribution in [2.75, 3.05) is 31.3 Å². The highest BCUT2D eigenvalue weighted by Crippen LogP contribution is 2.55. The number of carbonyl (C=O) groups is 1. The maximum atomic E-state index is 11.6. The predicted molar refractivity (Wildman–Crippen MR) is 250 cm³/mol. The van der Waals surface area contributed by atoms with Gasteiger partial charge in [-0.25, -0.2) is 4.79 Å². The fraction of sp³-hybridized carbons (Fsp3) is 0.292. The number of anilines is 3. The Morgan fingerprint density at radius 2 is 1.22 bits per heavy atom. The number of aliphatic carboxylic acids is 1. The SMILES string of the molecule is CCCCCCOc1ccc(N(c2ccc(OCCCCCC)cc2)c2ccc(-c3cc4sc5cc(-c6sc(/C=C(\C#N)C(=O)O)c7c6OCCO7)sc5c4s3)cc2)cc1. The molecule has 1 aliphatic rings. The number of thiophene rings is 4. The van der Waals surface area contributed by atoms with Crippen molar-refractivity contribution in [3.05, 3.63) is 95.4 Å². The summed E-state index contributed by atoms with van der Waals surface area (Å²) in [6, 6.07) is 31.8. The number of nitriles is 1. The van der Waals surface area contributed by atoms with Crippen LogP contribution in [0.4, 0.5) is 17.1 Å². The Morgan fingerprint density at radius 1 is 0.700 bits per heavy atom. The number of hydrogen-bond acceptors (Lipinski definition) is 11. The van der Waals surface area contributed by atoms with Gasteiger partial charge in [-0.3, -0.25) is 0 Å². The lowest BCUT2D eigenvalue weighted by molar-refractivity contribution is -0.132. The molecule has 5 heterocycles. The first-order valence-electron chi connectivity index (χ1n) is 20.5. The van der Waals surface area contributed by atoms with Gasteiger partial charge in [0.15, 0.2) is 11.5 Å². The zero-order valence-corrected chi connectivity index (χ0v) is 36.9. The molecule has 0 radical (unpaired) electrons. The molecule has 8 nitrogen and oxygen atoms in total. The van der Waals surface area contributed by atoms with Crippen molar-refractivity contribution in [3.8, 4) is 49.3 Å². The molecule has 0 aliphatic carbocycles. The van der Waals surface area contributed by atoms with Gasteiger partial charge in [-0.2, -0.15) is 5.26 Å². The summed E-state index contributed by atoms with van der Waals surface area (Å²) < 4.78 is 29.0. The van der Waals surface area contributed by atoms with Crippen LogP contribution in [-0.2, 0) is 4.79 Å². The molecular weight excluding hydrogens is 829 g/mol. The summed E-state index contributed by atoms with van der Waals surface area (Å²) in [5.74, 6) is 1.59. The third-order valence-corrected chi connectivity index (χ3v) is 15.3. The molecule has 60 heavy (non-hydrogen) atoms. The first-order valence-corrected chi connectivity index (χ1v) is 23.8. The highest BCUT2D eigenvalue weighted by molar-refractivity contribution is 7.40. The van der Waals surface area contributed by atoms with Crippen molar-refractivity contribution in [1.82, 2.24) is 0 Å². The molecule has 0 unspecified atom stereocenters. The Kier molecular flexibility index (Phi) is 13.4. The standard InChI is InChI=1S/C48H46N2O6S4/c1-3-5-7-9-23-53-36-19-15-34(16-20-36)50(35-17-21-37(22-18-35)54-24-10-8-6-4-2)33-13-11-31(12-14-33)38-28-41-46(58-38)47-42(57-41)29-40(60-47)45-44-43(55-25-26-56-44)39(59-45)27-32(30-49)48(51)52/h11-22,27-29H,3-10,23-26H2,1-2H3,(H,51,52)/b32-27+. The second-order valence-corrected chi connectivity index (χ2v) is 18.8. The quantitative estimate of drug-likeness (QED) is 0.0487. The Labute approximate surface area is 366 Å². The van der Waals surface area contributed by atoms with E-state index in [4.69, 9.17) is 18.9 Å². The van der Waals surface area contributed by atoms with E-state index in [1.807, 2.05) is 0 Å². The molecule has 0 spiro atoms. The smallest absolute Gasteiger partial charge is 0.346 e. The molecular formula is C48H46N2O6S4. The number of rotatable bonds is 19. The summed E-state index contributed by atoms with van der Waals surface area (Å²) in [7, 11) is 0. The van der Waals surface area contributed by atoms with E-state index in [2.05, 4.69) is 104 Å². The largest absolute Gasteiger partial charge is 0.494 e. The Balaban J connectivity index is 1.05. The highest BCUT2D eigenvalue weighted by Gasteiger charge is 2.27. The van der Waals surface area contributed by atoms with Gasteiger partial charge in [0, 0.05) is 31.3 Å². The summed E-state index contributed by atoms with van der Waals surface area (Å²) in [5.41, 5.74) is 3.94. The molecule has 8 rings (SSSR count). The summed E-state index contributed by atoms with van der Waals surface area (Å²) in [6.45, 7) is 6.66. The zero-order valence-electron chi connectivity index (χ0n) is 33.7. The van der Waals surface area contributed by atoms with Crippen molar-refractivity contribution in [2.45, 2.75) is 65.2 Å². The van der Waals surface area contributed by atoms with Crippen molar-refractivity contribution in [1.29, 1.82) is 5.26 Å². The average molecular weight is 875 g/mol. The first kappa shape index (κ1) is 41.4. The Morgan fingerprint density at radius 3 is 1.75 bits per heavy atom. The summed E-state index contributed by atoms with van der Waals surface area (Å²) >= 11 is 6.65. The molecule has 3 aromatic carbocycles. The van der Waals surface area contributed by atoms with Crippen molar-refractivity contribution in [3.63, 3.8) is 0 Å². The van der Waals surface area contributed by atoms with E-state index < -0.39 is 5.97 Å². The van der Waals surface area contributed by atoms with Crippen LogP contribution in [-0.4, -0.2) is 37.5 Å². The van der Waals surface area contributed by atoms with Crippen LogP contribution in [0.1, 0.15) is 70.1 Å². The molecule has 7 aromatic rings.